The van der Waals surface area contributed by atoms with Gasteiger partial charge in [0.25, 0.3) is 5.91 Å². The summed E-state index contributed by atoms with van der Waals surface area (Å²) in [6.45, 7) is 8.06. The molecule has 2 N–H and O–H groups in total. The van der Waals surface area contributed by atoms with Gasteiger partial charge in [-0.15, -0.1) is 0 Å². The summed E-state index contributed by atoms with van der Waals surface area (Å²) >= 11 is 0. The van der Waals surface area contributed by atoms with Crippen molar-refractivity contribution < 1.29 is 28.2 Å². The average molecular weight is 807 g/mol. The normalized spacial score (nSPS) is 25.1. The maximum absolute atomic E-state index is 15.9. The van der Waals surface area contributed by atoms with Crippen LogP contribution in [0.15, 0.2) is 36.8 Å². The zero-order valence-electron chi connectivity index (χ0n) is 33.5. The molecule has 2 saturated carbocycles. The summed E-state index contributed by atoms with van der Waals surface area (Å²) in [5.41, 5.74) is 3.41. The standard InChI is InChI=1S/C43H51FN10O5/c1-43(12-13-43)59-38-20-30-33(22-45-38)49-50-40(30)32-21-36(47-25-46-32)53-14-10-28(11-15-53)58-27-4-2-26(3-5-27)23-51-16-18-52(19-17-51)34-7-6-29-31(39(34)44)24-54(42(29)57)35-8-9-37(55)48-41(35)56/h6-7,20-22,25-28,35H,2-5,8-19,23-24H2,1H3,(H,49,50)(H,48,55,56)/t26-,27-,35?. The number of fused-ring (bicyclic) bond motifs is 2. The Hall–Kier alpha value is -5.22. The first-order chi connectivity index (χ1) is 28.7. The van der Waals surface area contributed by atoms with Gasteiger partial charge in [-0.25, -0.2) is 19.3 Å². The van der Waals surface area contributed by atoms with Gasteiger partial charge in [0.2, 0.25) is 17.7 Å². The Morgan fingerprint density at radius 2 is 1.66 bits per heavy atom. The summed E-state index contributed by atoms with van der Waals surface area (Å²) in [5.74, 6) is 0.558. The lowest BCUT2D eigenvalue weighted by molar-refractivity contribution is -0.136. The second-order valence-electron chi connectivity index (χ2n) is 17.5. The van der Waals surface area contributed by atoms with E-state index in [0.717, 1.165) is 112 Å². The molecule has 4 aliphatic heterocycles. The van der Waals surface area contributed by atoms with Crippen molar-refractivity contribution in [1.82, 2.24) is 40.3 Å². The van der Waals surface area contributed by atoms with Crippen LogP contribution >= 0.6 is 0 Å². The summed E-state index contributed by atoms with van der Waals surface area (Å²) in [6, 6.07) is 6.61. The predicted octanol–water partition coefficient (Wildman–Crippen LogP) is 4.61. The highest BCUT2D eigenvalue weighted by molar-refractivity contribution is 6.05. The number of benzene rings is 1. The number of ether oxygens (including phenoxy) is 2. The molecule has 3 amide bonds. The number of piperidine rings is 2. The van der Waals surface area contributed by atoms with Crippen LogP contribution in [0.5, 0.6) is 5.88 Å². The van der Waals surface area contributed by atoms with Crippen LogP contribution in [-0.2, 0) is 20.9 Å². The number of amides is 3. The van der Waals surface area contributed by atoms with Crippen LogP contribution in [0.4, 0.5) is 15.9 Å². The van der Waals surface area contributed by atoms with E-state index >= 15 is 4.39 Å². The van der Waals surface area contributed by atoms with E-state index < -0.39 is 11.9 Å². The van der Waals surface area contributed by atoms with Gasteiger partial charge in [0.1, 0.15) is 29.5 Å². The Morgan fingerprint density at radius 3 is 2.42 bits per heavy atom. The number of piperazine rings is 1. The topological polar surface area (TPSA) is 162 Å². The fraction of sp³-hybridized carbons (Fsp3) is 0.558. The first kappa shape index (κ1) is 38.0. The molecule has 3 saturated heterocycles. The lowest BCUT2D eigenvalue weighted by Gasteiger charge is -2.40. The van der Waals surface area contributed by atoms with Crippen molar-refractivity contribution in [1.29, 1.82) is 0 Å². The highest BCUT2D eigenvalue weighted by atomic mass is 19.1. The number of nitrogens with one attached hydrogen (secondary N) is 2. The van der Waals surface area contributed by atoms with Crippen LogP contribution < -0.4 is 19.9 Å². The molecular weight excluding hydrogens is 756 g/mol. The van der Waals surface area contributed by atoms with Crippen molar-refractivity contribution in [3.8, 4) is 17.3 Å². The van der Waals surface area contributed by atoms with E-state index in [9.17, 15) is 14.4 Å². The van der Waals surface area contributed by atoms with E-state index in [1.54, 1.807) is 24.7 Å². The van der Waals surface area contributed by atoms with Crippen LogP contribution in [-0.4, -0.2) is 122 Å². The SMILES string of the molecule is CC1(Oc2cc3c(-c4cc(N5CCC(O[C@H]6CC[C@H](CN7CCN(c8ccc9c(c8F)CN(C8CCC(=O)NC8=O)C9=O)CC7)CC6)CC5)ncn4)n[nH]c3cn2)CC1. The number of carbonyl (C=O) groups excluding carboxylic acids is 3. The molecule has 0 bridgehead atoms. The fourth-order valence-electron chi connectivity index (χ4n) is 9.64. The summed E-state index contributed by atoms with van der Waals surface area (Å²) in [6.07, 6.45) is 12.8. The van der Waals surface area contributed by atoms with Crippen molar-refractivity contribution in [2.24, 2.45) is 5.92 Å². The Morgan fingerprint density at radius 1 is 0.881 bits per heavy atom. The number of aromatic amines is 1. The third-order valence-corrected chi connectivity index (χ3v) is 13.4. The van der Waals surface area contributed by atoms with E-state index in [1.807, 2.05) is 12.1 Å². The fourth-order valence-corrected chi connectivity index (χ4v) is 9.64. The van der Waals surface area contributed by atoms with Gasteiger partial charge in [0, 0.05) is 80.9 Å². The van der Waals surface area contributed by atoms with E-state index in [1.165, 1.54) is 4.90 Å². The lowest BCUT2D eigenvalue weighted by atomic mass is 9.86. The molecule has 16 heteroatoms. The quantitative estimate of drug-likeness (QED) is 0.215. The summed E-state index contributed by atoms with van der Waals surface area (Å²) in [7, 11) is 0. The van der Waals surface area contributed by atoms with Crippen molar-refractivity contribution in [3.63, 3.8) is 0 Å². The highest BCUT2D eigenvalue weighted by Gasteiger charge is 2.42. The number of halogens is 1. The number of aromatic nitrogens is 5. The molecule has 4 aromatic rings. The molecule has 10 rings (SSSR count). The Labute approximate surface area is 342 Å². The minimum atomic E-state index is -0.759. The number of imide groups is 1. The minimum absolute atomic E-state index is 0.0382. The molecule has 15 nitrogen and oxygen atoms in total. The smallest absolute Gasteiger partial charge is 0.255 e. The number of H-pyrrole nitrogens is 1. The maximum atomic E-state index is 15.9. The number of rotatable bonds is 10. The summed E-state index contributed by atoms with van der Waals surface area (Å²) in [4.78, 5) is 59.2. The van der Waals surface area contributed by atoms with E-state index in [2.05, 4.69) is 52.1 Å². The summed E-state index contributed by atoms with van der Waals surface area (Å²) < 4.78 is 28.7. The van der Waals surface area contributed by atoms with E-state index in [4.69, 9.17) is 9.47 Å². The molecule has 59 heavy (non-hydrogen) atoms. The van der Waals surface area contributed by atoms with Crippen molar-refractivity contribution in [3.05, 3.63) is 53.7 Å². The average Bonchev–Trinajstić information content (AvgIpc) is 3.66. The third kappa shape index (κ3) is 7.72. The molecule has 6 aliphatic rings. The molecular formula is C43H51FN10O5. The van der Waals surface area contributed by atoms with Crippen LogP contribution in [0, 0.1) is 11.7 Å². The lowest BCUT2D eigenvalue weighted by Crippen LogP contribution is -2.52. The van der Waals surface area contributed by atoms with Gasteiger partial charge in [-0.1, -0.05) is 0 Å². The second-order valence-corrected chi connectivity index (χ2v) is 17.5. The number of hydrogen-bond donors (Lipinski definition) is 2. The summed E-state index contributed by atoms with van der Waals surface area (Å²) in [5, 5.41) is 10.9. The third-order valence-electron chi connectivity index (χ3n) is 13.4. The Balaban J connectivity index is 0.667. The molecule has 5 fully saturated rings. The Kier molecular flexibility index (Phi) is 9.94. The van der Waals surface area contributed by atoms with Crippen molar-refractivity contribution in [2.75, 3.05) is 55.6 Å². The van der Waals surface area contributed by atoms with Crippen LogP contribution in [0.3, 0.4) is 0 Å². The molecule has 1 atom stereocenters. The van der Waals surface area contributed by atoms with E-state index in [0.29, 0.717) is 47.8 Å². The van der Waals surface area contributed by atoms with Gasteiger partial charge in [-0.05, 0) is 82.8 Å². The highest BCUT2D eigenvalue weighted by Crippen LogP contribution is 2.40. The molecule has 3 aromatic heterocycles. The molecule has 310 valence electrons. The maximum Gasteiger partial charge on any atom is 0.255 e. The van der Waals surface area contributed by atoms with Gasteiger partial charge in [-0.3, -0.25) is 29.7 Å². The number of pyridine rings is 1. The van der Waals surface area contributed by atoms with Crippen molar-refractivity contribution in [2.45, 2.75) is 102 Å². The minimum Gasteiger partial charge on any atom is -0.471 e. The van der Waals surface area contributed by atoms with Gasteiger partial charge < -0.3 is 24.2 Å². The van der Waals surface area contributed by atoms with Crippen LogP contribution in [0.25, 0.3) is 22.3 Å². The number of carbonyl (C=O) groups is 3. The zero-order valence-corrected chi connectivity index (χ0v) is 33.5. The molecule has 1 aromatic carbocycles. The van der Waals surface area contributed by atoms with Gasteiger partial charge >= 0.3 is 0 Å². The second kappa shape index (κ2) is 15.4. The number of anilines is 2. The predicted molar refractivity (Wildman–Crippen MR) is 216 cm³/mol. The van der Waals surface area contributed by atoms with Gasteiger partial charge in [0.05, 0.1) is 41.8 Å². The molecule has 0 spiro atoms. The Bertz CT molecular complexity index is 2260. The molecule has 0 radical (unpaired) electrons. The van der Waals surface area contributed by atoms with Crippen LogP contribution in [0.2, 0.25) is 0 Å². The largest absolute Gasteiger partial charge is 0.471 e. The zero-order chi connectivity index (χ0) is 40.3. The van der Waals surface area contributed by atoms with Gasteiger partial charge in [0.15, 0.2) is 5.82 Å². The van der Waals surface area contributed by atoms with Crippen LogP contribution in [0.1, 0.15) is 87.1 Å². The van der Waals surface area contributed by atoms with Gasteiger partial charge in [-0.2, -0.15) is 5.10 Å². The molecule has 7 heterocycles. The first-order valence-electron chi connectivity index (χ1n) is 21.4. The molecule has 1 unspecified atom stereocenters. The monoisotopic (exact) mass is 806 g/mol. The van der Waals surface area contributed by atoms with E-state index in [-0.39, 0.29) is 48.7 Å². The number of hydrogen-bond acceptors (Lipinski definition) is 12. The molecule has 2 aliphatic carbocycles. The first-order valence-corrected chi connectivity index (χ1v) is 21.4. The van der Waals surface area contributed by atoms with Crippen molar-refractivity contribution >= 4 is 40.1 Å². The number of nitrogens with zero attached hydrogens (tertiary/aromatic N) is 8.